The molecule has 0 radical (unpaired) electrons. The van der Waals surface area contributed by atoms with Crippen molar-refractivity contribution >= 4 is 17.3 Å². The second kappa shape index (κ2) is 5.08. The van der Waals surface area contributed by atoms with Crippen molar-refractivity contribution in [1.82, 2.24) is 10.2 Å². The quantitative estimate of drug-likeness (QED) is 0.530. The fourth-order valence-electron chi connectivity index (χ4n) is 1.82. The van der Waals surface area contributed by atoms with Crippen LogP contribution in [0.25, 0.3) is 0 Å². The van der Waals surface area contributed by atoms with Crippen LogP contribution in [-0.2, 0) is 0 Å². The topological polar surface area (TPSA) is 15.3 Å². The monoisotopic (exact) mass is 196 g/mol. The molecule has 0 amide bonds. The molecule has 0 aromatic carbocycles. The second-order valence-electron chi connectivity index (χ2n) is 3.33. The maximum absolute atomic E-state index is 5.31. The lowest BCUT2D eigenvalue weighted by Gasteiger charge is -2.28. The molecule has 0 unspecified atom stereocenters. The summed E-state index contributed by atoms with van der Waals surface area (Å²) in [5.74, 6) is 2.66. The Morgan fingerprint density at radius 2 is 2.23 bits per heavy atom. The number of nitrogens with one attached hydrogen (secondary N) is 1. The van der Waals surface area contributed by atoms with Gasteiger partial charge in [0.2, 0.25) is 0 Å². The zero-order chi connectivity index (χ0) is 9.68. The van der Waals surface area contributed by atoms with E-state index in [0.29, 0.717) is 12.6 Å². The highest BCUT2D eigenvalue weighted by atomic mass is 32.1. The first-order valence-corrected chi connectivity index (χ1v) is 5.12. The molecule has 0 bridgehead atoms. The number of thiocarbonyl (C=S) groups is 1. The summed E-state index contributed by atoms with van der Waals surface area (Å²) in [5.41, 5.74) is 0. The van der Waals surface area contributed by atoms with Gasteiger partial charge in [0, 0.05) is 13.1 Å². The van der Waals surface area contributed by atoms with E-state index in [9.17, 15) is 0 Å². The van der Waals surface area contributed by atoms with Crippen molar-refractivity contribution in [3.63, 3.8) is 0 Å². The SMILES string of the molecule is C#CCN(C(=S)NC)C1CCCC1. The van der Waals surface area contributed by atoms with Crippen molar-refractivity contribution < 1.29 is 0 Å². The van der Waals surface area contributed by atoms with Gasteiger partial charge in [-0.3, -0.25) is 0 Å². The summed E-state index contributed by atoms with van der Waals surface area (Å²) < 4.78 is 0. The second-order valence-corrected chi connectivity index (χ2v) is 3.71. The lowest BCUT2D eigenvalue weighted by molar-refractivity contribution is 0.344. The van der Waals surface area contributed by atoms with Crippen molar-refractivity contribution in [2.45, 2.75) is 31.7 Å². The van der Waals surface area contributed by atoms with Crippen LogP contribution in [0.1, 0.15) is 25.7 Å². The molecule has 1 aliphatic carbocycles. The Balaban J connectivity index is 2.55. The Bertz CT molecular complexity index is 213. The molecule has 1 N–H and O–H groups in total. The minimum absolute atomic E-state index is 0.566. The first-order valence-electron chi connectivity index (χ1n) is 4.71. The van der Waals surface area contributed by atoms with E-state index in [4.69, 9.17) is 18.6 Å². The Hall–Kier alpha value is -0.750. The van der Waals surface area contributed by atoms with Gasteiger partial charge in [0.1, 0.15) is 0 Å². The first-order chi connectivity index (χ1) is 6.29. The van der Waals surface area contributed by atoms with E-state index < -0.39 is 0 Å². The molecular weight excluding hydrogens is 180 g/mol. The third-order valence-electron chi connectivity index (χ3n) is 2.50. The van der Waals surface area contributed by atoms with Crippen LogP contribution in [0.3, 0.4) is 0 Å². The minimum Gasteiger partial charge on any atom is -0.366 e. The molecule has 2 nitrogen and oxygen atoms in total. The maximum atomic E-state index is 5.31. The van der Waals surface area contributed by atoms with Crippen LogP contribution < -0.4 is 5.32 Å². The van der Waals surface area contributed by atoms with Gasteiger partial charge in [0.15, 0.2) is 5.11 Å². The molecule has 0 aromatic rings. The van der Waals surface area contributed by atoms with Crippen molar-refractivity contribution in [3.05, 3.63) is 0 Å². The van der Waals surface area contributed by atoms with E-state index in [1.165, 1.54) is 25.7 Å². The molecule has 1 saturated carbocycles. The van der Waals surface area contributed by atoms with Gasteiger partial charge >= 0.3 is 0 Å². The van der Waals surface area contributed by atoms with Gasteiger partial charge < -0.3 is 10.2 Å². The van der Waals surface area contributed by atoms with E-state index in [-0.39, 0.29) is 0 Å². The van der Waals surface area contributed by atoms with E-state index >= 15 is 0 Å². The number of hydrogen-bond donors (Lipinski definition) is 1. The van der Waals surface area contributed by atoms with Gasteiger partial charge in [-0.1, -0.05) is 18.8 Å². The van der Waals surface area contributed by atoms with Crippen LogP contribution in [0.2, 0.25) is 0 Å². The highest BCUT2D eigenvalue weighted by molar-refractivity contribution is 7.80. The lowest BCUT2D eigenvalue weighted by atomic mass is 10.2. The van der Waals surface area contributed by atoms with E-state index in [1.54, 1.807) is 0 Å². The smallest absolute Gasteiger partial charge is 0.169 e. The largest absolute Gasteiger partial charge is 0.366 e. The van der Waals surface area contributed by atoms with Gasteiger partial charge in [-0.15, -0.1) is 6.42 Å². The molecule has 0 saturated heterocycles. The molecule has 0 atom stereocenters. The first kappa shape index (κ1) is 10.3. The summed E-state index contributed by atoms with van der Waals surface area (Å²) in [4.78, 5) is 2.13. The minimum atomic E-state index is 0.566. The third kappa shape index (κ3) is 2.60. The van der Waals surface area contributed by atoms with Crippen molar-refractivity contribution in [2.75, 3.05) is 13.6 Å². The van der Waals surface area contributed by atoms with E-state index in [2.05, 4.69) is 16.1 Å². The standard InChI is InChI=1S/C10H16N2S/c1-3-8-12(10(13)11-2)9-6-4-5-7-9/h1,9H,4-8H2,2H3,(H,11,13). The number of terminal acetylenes is 1. The Morgan fingerprint density at radius 1 is 1.62 bits per heavy atom. The summed E-state index contributed by atoms with van der Waals surface area (Å²) >= 11 is 5.20. The highest BCUT2D eigenvalue weighted by Gasteiger charge is 2.22. The van der Waals surface area contributed by atoms with Gasteiger partial charge in [-0.2, -0.15) is 0 Å². The summed E-state index contributed by atoms with van der Waals surface area (Å²) in [5, 5.41) is 3.77. The Labute approximate surface area is 85.7 Å². The van der Waals surface area contributed by atoms with Crippen molar-refractivity contribution in [3.8, 4) is 12.3 Å². The molecule has 0 heterocycles. The maximum Gasteiger partial charge on any atom is 0.169 e. The van der Waals surface area contributed by atoms with Gasteiger partial charge in [-0.05, 0) is 25.1 Å². The lowest BCUT2D eigenvalue weighted by Crippen LogP contribution is -2.43. The molecule has 1 fully saturated rings. The summed E-state index contributed by atoms with van der Waals surface area (Å²) in [6.07, 6.45) is 10.4. The zero-order valence-electron chi connectivity index (χ0n) is 8.05. The van der Waals surface area contributed by atoms with Crippen LogP contribution >= 0.6 is 12.2 Å². The molecule has 1 aliphatic rings. The average Bonchev–Trinajstić information content (AvgIpc) is 2.65. The third-order valence-corrected chi connectivity index (χ3v) is 2.94. The summed E-state index contributed by atoms with van der Waals surface area (Å²) in [7, 11) is 1.85. The van der Waals surface area contributed by atoms with Gasteiger partial charge in [0.25, 0.3) is 0 Å². The molecule has 0 spiro atoms. The van der Waals surface area contributed by atoms with Crippen LogP contribution in [0, 0.1) is 12.3 Å². The molecule has 72 valence electrons. The molecule has 13 heavy (non-hydrogen) atoms. The van der Waals surface area contributed by atoms with Crippen LogP contribution in [-0.4, -0.2) is 29.6 Å². The predicted octanol–water partition coefficient (Wildman–Crippen LogP) is 1.37. The predicted molar refractivity (Wildman–Crippen MR) is 59.5 cm³/mol. The summed E-state index contributed by atoms with van der Waals surface area (Å²) in [6.45, 7) is 0.629. The van der Waals surface area contributed by atoms with Crippen LogP contribution in [0.5, 0.6) is 0 Å². The van der Waals surface area contributed by atoms with Crippen LogP contribution in [0.4, 0.5) is 0 Å². The summed E-state index contributed by atoms with van der Waals surface area (Å²) in [6, 6.07) is 0.566. The normalized spacial score (nSPS) is 16.6. The zero-order valence-corrected chi connectivity index (χ0v) is 8.86. The highest BCUT2D eigenvalue weighted by Crippen LogP contribution is 2.23. The number of hydrogen-bond acceptors (Lipinski definition) is 1. The van der Waals surface area contributed by atoms with Gasteiger partial charge in [0.05, 0.1) is 6.54 Å². The molecule has 0 aromatic heterocycles. The number of rotatable bonds is 2. The number of nitrogens with zero attached hydrogens (tertiary/aromatic N) is 1. The van der Waals surface area contributed by atoms with Crippen molar-refractivity contribution in [2.24, 2.45) is 0 Å². The molecular formula is C10H16N2S. The van der Waals surface area contributed by atoms with E-state index in [0.717, 1.165) is 5.11 Å². The Kier molecular flexibility index (Phi) is 4.04. The fraction of sp³-hybridized carbons (Fsp3) is 0.700. The molecule has 0 aliphatic heterocycles. The van der Waals surface area contributed by atoms with Crippen LogP contribution in [0.15, 0.2) is 0 Å². The fourth-order valence-corrected chi connectivity index (χ4v) is 2.04. The van der Waals surface area contributed by atoms with Gasteiger partial charge in [-0.25, -0.2) is 0 Å². The van der Waals surface area contributed by atoms with Crippen molar-refractivity contribution in [1.29, 1.82) is 0 Å². The average molecular weight is 196 g/mol. The molecule has 1 rings (SSSR count). The molecule has 3 heteroatoms. The Morgan fingerprint density at radius 3 is 2.69 bits per heavy atom. The van der Waals surface area contributed by atoms with E-state index in [1.807, 2.05) is 7.05 Å².